The van der Waals surface area contributed by atoms with E-state index in [0.29, 0.717) is 0 Å². The van der Waals surface area contributed by atoms with Crippen LogP contribution in [-0.4, -0.2) is 0 Å². The molecule has 0 radical (unpaired) electrons. The Balaban J connectivity index is 0.00000176. The molecule has 0 amide bonds. The zero-order valence-corrected chi connectivity index (χ0v) is 14.9. The molecule has 3 rings (SSSR count). The average molecular weight is 322 g/mol. The van der Waals surface area contributed by atoms with Crippen LogP contribution in [0.5, 0.6) is 0 Å². The molecule has 0 N–H and O–H groups in total. The van der Waals surface area contributed by atoms with Crippen LogP contribution in [0.25, 0.3) is 11.1 Å². The molecule has 0 heterocycles. The van der Waals surface area contributed by atoms with Crippen molar-refractivity contribution in [2.75, 3.05) is 0 Å². The fourth-order valence-electron chi connectivity index (χ4n) is 3.56. The average Bonchev–Trinajstić information content (AvgIpc) is 3.00. The van der Waals surface area contributed by atoms with Gasteiger partial charge in [-0.05, 0) is 29.5 Å². The zero-order chi connectivity index (χ0) is 14.7. The van der Waals surface area contributed by atoms with E-state index >= 15 is 0 Å². The molecule has 0 aliphatic heterocycles. The van der Waals surface area contributed by atoms with Gasteiger partial charge in [0, 0.05) is 27.1 Å². The number of benzene rings is 2. The second-order valence-electron chi connectivity index (χ2n) is 5.64. The van der Waals surface area contributed by atoms with Crippen LogP contribution in [0, 0.1) is 0 Å². The monoisotopic (exact) mass is 322 g/mol. The van der Waals surface area contributed by atoms with E-state index in [9.17, 15) is 0 Å². The van der Waals surface area contributed by atoms with Gasteiger partial charge in [0.25, 0.3) is 0 Å². The summed E-state index contributed by atoms with van der Waals surface area (Å²) in [6.45, 7) is 4.55. The van der Waals surface area contributed by atoms with Gasteiger partial charge in [-0.25, -0.2) is 0 Å². The van der Waals surface area contributed by atoms with Crippen molar-refractivity contribution in [1.29, 1.82) is 0 Å². The first-order chi connectivity index (χ1) is 10.3. The molecule has 22 heavy (non-hydrogen) atoms. The van der Waals surface area contributed by atoms with Crippen LogP contribution >= 0.6 is 0 Å². The minimum atomic E-state index is 0. The summed E-state index contributed by atoms with van der Waals surface area (Å²) in [5.41, 5.74) is 5.68. The molecule has 1 heteroatoms. The molecule has 2 aromatic carbocycles. The van der Waals surface area contributed by atoms with E-state index in [1.54, 1.807) is 0 Å². The standard InChI is InChI=1S/C21H22.Ti/c1-3-18-13-10-16-21(18,4-2)20-15-9-8-14-19(20)17-11-6-5-7-12-17;/h5-16H,3-4H2,1-2H3;. The minimum absolute atomic E-state index is 0. The largest absolute Gasteiger partial charge is 0.0699 e. The first-order valence-corrected chi connectivity index (χ1v) is 7.85. The van der Waals surface area contributed by atoms with E-state index < -0.39 is 0 Å². The maximum absolute atomic E-state index is 2.38. The van der Waals surface area contributed by atoms with E-state index in [1.807, 2.05) is 0 Å². The van der Waals surface area contributed by atoms with Gasteiger partial charge < -0.3 is 0 Å². The summed E-state index contributed by atoms with van der Waals surface area (Å²) >= 11 is 0. The zero-order valence-electron chi connectivity index (χ0n) is 13.3. The van der Waals surface area contributed by atoms with Gasteiger partial charge in [-0.1, -0.05) is 92.2 Å². The SMILES string of the molecule is CCC1=CC=CC1(CC)c1ccccc1-c1ccccc1.[Ti]. The molecule has 0 saturated heterocycles. The molecule has 110 valence electrons. The van der Waals surface area contributed by atoms with E-state index in [2.05, 4.69) is 86.7 Å². The Bertz CT molecular complexity index is 682. The predicted molar refractivity (Wildman–Crippen MR) is 91.4 cm³/mol. The minimum Gasteiger partial charge on any atom is -0.0699 e. The summed E-state index contributed by atoms with van der Waals surface area (Å²) in [7, 11) is 0. The van der Waals surface area contributed by atoms with E-state index in [4.69, 9.17) is 0 Å². The molecular formula is C21H22Ti. The second kappa shape index (κ2) is 7.26. The number of allylic oxidation sites excluding steroid dienone is 4. The molecule has 0 fully saturated rings. The summed E-state index contributed by atoms with van der Waals surface area (Å²) < 4.78 is 0. The quantitative estimate of drug-likeness (QED) is 0.614. The topological polar surface area (TPSA) is 0 Å². The smallest absolute Gasteiger partial charge is 0.0350 e. The van der Waals surface area contributed by atoms with Crippen molar-refractivity contribution < 1.29 is 21.7 Å². The van der Waals surface area contributed by atoms with Gasteiger partial charge in [-0.2, -0.15) is 0 Å². The Morgan fingerprint density at radius 2 is 1.55 bits per heavy atom. The number of rotatable bonds is 4. The summed E-state index contributed by atoms with van der Waals surface area (Å²) in [5.74, 6) is 0. The Hall–Kier alpha value is -1.37. The summed E-state index contributed by atoms with van der Waals surface area (Å²) in [5, 5.41) is 0. The molecule has 0 bridgehead atoms. The van der Waals surface area contributed by atoms with Crippen LogP contribution in [0.3, 0.4) is 0 Å². The van der Waals surface area contributed by atoms with Gasteiger partial charge in [0.05, 0.1) is 0 Å². The fraction of sp³-hybridized carbons (Fsp3) is 0.238. The number of hydrogen-bond acceptors (Lipinski definition) is 0. The molecule has 1 atom stereocenters. The van der Waals surface area contributed by atoms with Crippen LogP contribution in [0.1, 0.15) is 32.3 Å². The van der Waals surface area contributed by atoms with Crippen molar-refractivity contribution in [3.05, 3.63) is 84.0 Å². The molecular weight excluding hydrogens is 300 g/mol. The van der Waals surface area contributed by atoms with Gasteiger partial charge in [0.15, 0.2) is 0 Å². The van der Waals surface area contributed by atoms with Crippen LogP contribution in [0.2, 0.25) is 0 Å². The molecule has 0 spiro atoms. The van der Waals surface area contributed by atoms with Crippen molar-refractivity contribution in [2.45, 2.75) is 32.1 Å². The van der Waals surface area contributed by atoms with Crippen molar-refractivity contribution in [3.63, 3.8) is 0 Å². The summed E-state index contributed by atoms with van der Waals surface area (Å²) in [4.78, 5) is 0. The van der Waals surface area contributed by atoms with Crippen LogP contribution in [-0.2, 0) is 27.1 Å². The van der Waals surface area contributed by atoms with Gasteiger partial charge in [-0.3, -0.25) is 0 Å². The third kappa shape index (κ3) is 2.78. The Labute approximate surface area is 148 Å². The van der Waals surface area contributed by atoms with Gasteiger partial charge in [0.1, 0.15) is 0 Å². The maximum atomic E-state index is 2.38. The van der Waals surface area contributed by atoms with Crippen molar-refractivity contribution in [2.24, 2.45) is 0 Å². The molecule has 1 aliphatic carbocycles. The van der Waals surface area contributed by atoms with Crippen LogP contribution in [0.4, 0.5) is 0 Å². The Morgan fingerprint density at radius 1 is 0.864 bits per heavy atom. The van der Waals surface area contributed by atoms with Gasteiger partial charge >= 0.3 is 0 Å². The van der Waals surface area contributed by atoms with Crippen LogP contribution < -0.4 is 0 Å². The molecule has 0 saturated carbocycles. The molecule has 0 nitrogen and oxygen atoms in total. The molecule has 2 aromatic rings. The second-order valence-corrected chi connectivity index (χ2v) is 5.64. The number of hydrogen-bond donors (Lipinski definition) is 0. The molecule has 1 unspecified atom stereocenters. The van der Waals surface area contributed by atoms with E-state index in [-0.39, 0.29) is 27.1 Å². The molecule has 1 aliphatic rings. The first-order valence-electron chi connectivity index (χ1n) is 7.85. The normalized spacial score (nSPS) is 19.6. The van der Waals surface area contributed by atoms with E-state index in [0.717, 1.165) is 12.8 Å². The third-order valence-corrected chi connectivity index (χ3v) is 4.68. The molecule has 0 aromatic heterocycles. The van der Waals surface area contributed by atoms with Crippen LogP contribution in [0.15, 0.2) is 78.4 Å². The fourth-order valence-corrected chi connectivity index (χ4v) is 3.56. The Kier molecular flexibility index (Phi) is 5.61. The Morgan fingerprint density at radius 3 is 2.23 bits per heavy atom. The third-order valence-electron chi connectivity index (χ3n) is 4.68. The van der Waals surface area contributed by atoms with Gasteiger partial charge in [0.2, 0.25) is 0 Å². The first kappa shape index (κ1) is 17.0. The van der Waals surface area contributed by atoms with Crippen molar-refractivity contribution in [1.82, 2.24) is 0 Å². The van der Waals surface area contributed by atoms with Gasteiger partial charge in [-0.15, -0.1) is 0 Å². The maximum Gasteiger partial charge on any atom is 0.0350 e. The summed E-state index contributed by atoms with van der Waals surface area (Å²) in [6.07, 6.45) is 9.11. The van der Waals surface area contributed by atoms with Crippen molar-refractivity contribution in [3.8, 4) is 11.1 Å². The summed E-state index contributed by atoms with van der Waals surface area (Å²) in [6, 6.07) is 19.6. The predicted octanol–water partition coefficient (Wildman–Crippen LogP) is 5.91. The van der Waals surface area contributed by atoms with Crippen molar-refractivity contribution >= 4 is 0 Å². The van der Waals surface area contributed by atoms with E-state index in [1.165, 1.54) is 22.3 Å².